The third kappa shape index (κ3) is 3.11. The van der Waals surface area contributed by atoms with Crippen LogP contribution in [0.2, 0.25) is 0 Å². The second kappa shape index (κ2) is 5.40. The molecule has 0 saturated carbocycles. The molecule has 1 aliphatic rings. The van der Waals surface area contributed by atoms with Gasteiger partial charge in [-0.3, -0.25) is 14.3 Å². The SMILES string of the molecule is CC(N)CC(=O)N1CCN(c2cnn(C)c2)C(=O)C1. The monoisotopic (exact) mass is 265 g/mol. The van der Waals surface area contributed by atoms with Crippen molar-refractivity contribution in [1.29, 1.82) is 0 Å². The van der Waals surface area contributed by atoms with Gasteiger partial charge in [-0.05, 0) is 6.92 Å². The van der Waals surface area contributed by atoms with Gasteiger partial charge in [0.1, 0.15) is 6.54 Å². The Morgan fingerprint density at radius 3 is 2.79 bits per heavy atom. The van der Waals surface area contributed by atoms with Crippen LogP contribution in [0.5, 0.6) is 0 Å². The van der Waals surface area contributed by atoms with E-state index in [9.17, 15) is 9.59 Å². The van der Waals surface area contributed by atoms with Crippen LogP contribution >= 0.6 is 0 Å². The molecule has 0 radical (unpaired) electrons. The van der Waals surface area contributed by atoms with Crippen LogP contribution in [-0.2, 0) is 16.6 Å². The van der Waals surface area contributed by atoms with Crippen LogP contribution in [0.25, 0.3) is 0 Å². The van der Waals surface area contributed by atoms with Crippen LogP contribution in [0.1, 0.15) is 13.3 Å². The Hall–Kier alpha value is -1.89. The fourth-order valence-corrected chi connectivity index (χ4v) is 2.11. The van der Waals surface area contributed by atoms with E-state index in [0.717, 1.165) is 5.69 Å². The number of carbonyl (C=O) groups excluding carboxylic acids is 2. The maximum absolute atomic E-state index is 12.1. The first-order valence-corrected chi connectivity index (χ1v) is 6.29. The van der Waals surface area contributed by atoms with E-state index in [1.807, 2.05) is 0 Å². The average Bonchev–Trinajstić information content (AvgIpc) is 2.74. The van der Waals surface area contributed by atoms with Gasteiger partial charge in [-0.1, -0.05) is 0 Å². The van der Waals surface area contributed by atoms with Crippen molar-refractivity contribution in [2.24, 2.45) is 12.8 Å². The third-order valence-electron chi connectivity index (χ3n) is 3.07. The van der Waals surface area contributed by atoms with E-state index in [1.165, 1.54) is 0 Å². The Bertz CT molecular complexity index is 482. The van der Waals surface area contributed by atoms with Crippen LogP contribution < -0.4 is 10.6 Å². The summed E-state index contributed by atoms with van der Waals surface area (Å²) in [5, 5.41) is 4.05. The summed E-state index contributed by atoms with van der Waals surface area (Å²) in [5.41, 5.74) is 6.37. The van der Waals surface area contributed by atoms with Crippen molar-refractivity contribution in [2.75, 3.05) is 24.5 Å². The highest BCUT2D eigenvalue weighted by molar-refractivity contribution is 5.97. The maximum atomic E-state index is 12.1. The molecule has 1 aromatic heterocycles. The van der Waals surface area contributed by atoms with Crippen LogP contribution in [0.3, 0.4) is 0 Å². The minimum Gasteiger partial charge on any atom is -0.332 e. The second-order valence-corrected chi connectivity index (χ2v) is 4.91. The zero-order valence-corrected chi connectivity index (χ0v) is 11.2. The predicted molar refractivity (Wildman–Crippen MR) is 70.4 cm³/mol. The third-order valence-corrected chi connectivity index (χ3v) is 3.07. The van der Waals surface area contributed by atoms with Gasteiger partial charge in [-0.15, -0.1) is 0 Å². The fourth-order valence-electron chi connectivity index (χ4n) is 2.11. The quantitative estimate of drug-likeness (QED) is 0.785. The van der Waals surface area contributed by atoms with Crippen molar-refractivity contribution in [3.05, 3.63) is 12.4 Å². The maximum Gasteiger partial charge on any atom is 0.246 e. The Labute approximate surface area is 111 Å². The van der Waals surface area contributed by atoms with Gasteiger partial charge in [0.25, 0.3) is 0 Å². The summed E-state index contributed by atoms with van der Waals surface area (Å²) in [4.78, 5) is 27.2. The minimum atomic E-state index is -0.182. The largest absolute Gasteiger partial charge is 0.332 e. The zero-order chi connectivity index (χ0) is 14.0. The normalized spacial score (nSPS) is 17.7. The molecule has 2 rings (SSSR count). The van der Waals surface area contributed by atoms with Crippen molar-refractivity contribution in [3.8, 4) is 0 Å². The molecule has 1 unspecified atom stereocenters. The Morgan fingerprint density at radius 2 is 2.26 bits per heavy atom. The first kappa shape index (κ1) is 13.5. The van der Waals surface area contributed by atoms with Gasteiger partial charge in [-0.25, -0.2) is 0 Å². The Morgan fingerprint density at radius 1 is 1.53 bits per heavy atom. The highest BCUT2D eigenvalue weighted by Crippen LogP contribution is 2.16. The first-order chi connectivity index (χ1) is 8.97. The minimum absolute atomic E-state index is 0.0609. The molecule has 1 saturated heterocycles. The number of hydrogen-bond donors (Lipinski definition) is 1. The highest BCUT2D eigenvalue weighted by Gasteiger charge is 2.28. The van der Waals surface area contributed by atoms with E-state index < -0.39 is 0 Å². The van der Waals surface area contributed by atoms with E-state index in [4.69, 9.17) is 5.73 Å². The molecule has 0 aromatic carbocycles. The number of carbonyl (C=O) groups is 2. The molecule has 1 aliphatic heterocycles. The molecule has 0 spiro atoms. The molecule has 1 aromatic rings. The van der Waals surface area contributed by atoms with Crippen LogP contribution in [-0.4, -0.2) is 52.2 Å². The summed E-state index contributed by atoms with van der Waals surface area (Å²) < 4.78 is 1.65. The molecule has 0 bridgehead atoms. The summed E-state index contributed by atoms with van der Waals surface area (Å²) in [6.45, 7) is 2.92. The number of anilines is 1. The molecule has 1 fully saturated rings. The van der Waals surface area contributed by atoms with E-state index in [-0.39, 0.29) is 30.8 Å². The van der Waals surface area contributed by atoms with Crippen molar-refractivity contribution in [3.63, 3.8) is 0 Å². The lowest BCUT2D eigenvalue weighted by molar-refractivity contribution is -0.137. The van der Waals surface area contributed by atoms with Crippen LogP contribution in [0.4, 0.5) is 5.69 Å². The topological polar surface area (TPSA) is 84.5 Å². The van der Waals surface area contributed by atoms with Crippen molar-refractivity contribution in [2.45, 2.75) is 19.4 Å². The summed E-state index contributed by atoms with van der Waals surface area (Å²) in [5.74, 6) is -0.147. The van der Waals surface area contributed by atoms with Gasteiger partial charge in [0.2, 0.25) is 11.8 Å². The number of aromatic nitrogens is 2. The molecular formula is C12H19N5O2. The number of amides is 2. The van der Waals surface area contributed by atoms with Gasteiger partial charge >= 0.3 is 0 Å². The van der Waals surface area contributed by atoms with E-state index >= 15 is 0 Å². The lowest BCUT2D eigenvalue weighted by Gasteiger charge is -2.33. The second-order valence-electron chi connectivity index (χ2n) is 4.91. The number of nitrogens with two attached hydrogens (primary N) is 1. The number of aryl methyl sites for hydroxylation is 1. The van der Waals surface area contributed by atoms with Gasteiger partial charge < -0.3 is 15.5 Å². The molecule has 104 valence electrons. The molecule has 2 N–H and O–H groups in total. The number of rotatable bonds is 3. The summed E-state index contributed by atoms with van der Waals surface area (Å²) >= 11 is 0. The summed E-state index contributed by atoms with van der Waals surface area (Å²) in [6, 6.07) is -0.182. The predicted octanol–water partition coefficient (Wildman–Crippen LogP) is -0.667. The van der Waals surface area contributed by atoms with Crippen molar-refractivity contribution >= 4 is 17.5 Å². The summed E-state index contributed by atoms with van der Waals surface area (Å²) in [6.07, 6.45) is 3.72. The van der Waals surface area contributed by atoms with E-state index in [1.54, 1.807) is 40.8 Å². The lowest BCUT2D eigenvalue weighted by atomic mass is 10.2. The number of hydrogen-bond acceptors (Lipinski definition) is 4. The molecule has 2 heterocycles. The lowest BCUT2D eigenvalue weighted by Crippen LogP contribution is -2.53. The van der Waals surface area contributed by atoms with Gasteiger partial charge in [0.05, 0.1) is 11.9 Å². The summed E-state index contributed by atoms with van der Waals surface area (Å²) in [7, 11) is 1.80. The van der Waals surface area contributed by atoms with E-state index in [0.29, 0.717) is 13.1 Å². The van der Waals surface area contributed by atoms with Gasteiger partial charge in [-0.2, -0.15) is 5.10 Å². The first-order valence-electron chi connectivity index (χ1n) is 6.29. The van der Waals surface area contributed by atoms with E-state index in [2.05, 4.69) is 5.10 Å². The Balaban J connectivity index is 1.98. The number of piperazine rings is 1. The van der Waals surface area contributed by atoms with Gasteiger partial charge in [0.15, 0.2) is 0 Å². The van der Waals surface area contributed by atoms with Gasteiger partial charge in [0, 0.05) is 38.8 Å². The molecule has 1 atom stereocenters. The number of nitrogens with zero attached hydrogens (tertiary/aromatic N) is 4. The standard InChI is InChI=1S/C12H19N5O2/c1-9(13)5-11(18)16-3-4-17(12(19)8-16)10-6-14-15(2)7-10/h6-7,9H,3-5,8,13H2,1-2H3. The fraction of sp³-hybridized carbons (Fsp3) is 0.583. The molecule has 2 amide bonds. The van der Waals surface area contributed by atoms with Crippen LogP contribution in [0, 0.1) is 0 Å². The molecule has 7 heteroatoms. The van der Waals surface area contributed by atoms with Crippen molar-refractivity contribution < 1.29 is 9.59 Å². The molecule has 7 nitrogen and oxygen atoms in total. The zero-order valence-electron chi connectivity index (χ0n) is 11.2. The van der Waals surface area contributed by atoms with Crippen molar-refractivity contribution in [1.82, 2.24) is 14.7 Å². The molecular weight excluding hydrogens is 246 g/mol. The smallest absolute Gasteiger partial charge is 0.246 e. The molecule has 19 heavy (non-hydrogen) atoms. The highest BCUT2D eigenvalue weighted by atomic mass is 16.2. The molecule has 0 aliphatic carbocycles. The van der Waals surface area contributed by atoms with Crippen LogP contribution in [0.15, 0.2) is 12.4 Å². The Kier molecular flexibility index (Phi) is 3.84. The average molecular weight is 265 g/mol.